The van der Waals surface area contributed by atoms with Gasteiger partial charge >= 0.3 is 5.97 Å². The summed E-state index contributed by atoms with van der Waals surface area (Å²) in [5.41, 5.74) is 0.898. The number of nitrogens with zero attached hydrogens (tertiary/aromatic N) is 2. The van der Waals surface area contributed by atoms with Crippen LogP contribution in [0.5, 0.6) is 0 Å². The Kier molecular flexibility index (Phi) is 2.81. The highest BCUT2D eigenvalue weighted by Gasteiger charge is 2.29. The minimum Gasteiger partial charge on any atom is -0.476 e. The average molecular weight is 220 g/mol. The number of aromatic nitrogens is 1. The van der Waals surface area contributed by atoms with Crippen molar-refractivity contribution >= 4 is 11.7 Å². The molecule has 0 spiro atoms. The maximum absolute atomic E-state index is 11.1. The number of hydrogen-bond donors (Lipinski definition) is 1. The van der Waals surface area contributed by atoms with E-state index in [0.29, 0.717) is 12.0 Å². The molecule has 0 aliphatic carbocycles. The second-order valence-corrected chi connectivity index (χ2v) is 4.52. The van der Waals surface area contributed by atoms with Gasteiger partial charge in [0, 0.05) is 18.8 Å². The largest absolute Gasteiger partial charge is 0.476 e. The Morgan fingerprint density at radius 1 is 1.56 bits per heavy atom. The Balaban J connectivity index is 2.36. The van der Waals surface area contributed by atoms with Crippen LogP contribution in [0, 0.1) is 5.92 Å². The van der Waals surface area contributed by atoms with Gasteiger partial charge in [-0.25, -0.2) is 9.78 Å². The number of rotatable bonds is 2. The van der Waals surface area contributed by atoms with Crippen molar-refractivity contribution in [1.82, 2.24) is 4.98 Å². The van der Waals surface area contributed by atoms with Crippen LogP contribution in [-0.4, -0.2) is 28.6 Å². The second-order valence-electron chi connectivity index (χ2n) is 4.52. The molecule has 0 unspecified atom stereocenters. The van der Waals surface area contributed by atoms with Crippen molar-refractivity contribution in [2.24, 2.45) is 5.92 Å². The molecule has 2 heterocycles. The summed E-state index contributed by atoms with van der Waals surface area (Å²) in [6.45, 7) is 5.22. The number of carbonyl (C=O) groups is 1. The summed E-state index contributed by atoms with van der Waals surface area (Å²) in [6, 6.07) is 4.01. The molecule has 16 heavy (non-hydrogen) atoms. The minimum atomic E-state index is -0.956. The lowest BCUT2D eigenvalue weighted by Crippen LogP contribution is -2.28. The third kappa shape index (κ3) is 1.87. The normalized spacial score (nSPS) is 24.8. The van der Waals surface area contributed by atoms with Gasteiger partial charge in [0.15, 0.2) is 5.69 Å². The third-order valence-electron chi connectivity index (χ3n) is 3.08. The van der Waals surface area contributed by atoms with Crippen molar-refractivity contribution in [3.8, 4) is 0 Å². The molecule has 0 radical (unpaired) electrons. The number of hydrogen-bond acceptors (Lipinski definition) is 3. The van der Waals surface area contributed by atoms with Crippen molar-refractivity contribution < 1.29 is 9.90 Å². The van der Waals surface area contributed by atoms with Gasteiger partial charge in [0.2, 0.25) is 0 Å². The molecule has 0 amide bonds. The summed E-state index contributed by atoms with van der Waals surface area (Å²) in [6.07, 6.45) is 2.63. The monoisotopic (exact) mass is 220 g/mol. The Labute approximate surface area is 94.9 Å². The van der Waals surface area contributed by atoms with Gasteiger partial charge in [-0.2, -0.15) is 0 Å². The van der Waals surface area contributed by atoms with Gasteiger partial charge in [-0.05, 0) is 31.4 Å². The van der Waals surface area contributed by atoms with Crippen LogP contribution in [0.1, 0.15) is 30.8 Å². The summed E-state index contributed by atoms with van der Waals surface area (Å²) in [4.78, 5) is 17.2. The van der Waals surface area contributed by atoms with Crippen LogP contribution in [0.3, 0.4) is 0 Å². The summed E-state index contributed by atoms with van der Waals surface area (Å²) in [5.74, 6) is -0.348. The van der Waals surface area contributed by atoms with E-state index >= 15 is 0 Å². The fourth-order valence-electron chi connectivity index (χ4n) is 2.43. The summed E-state index contributed by atoms with van der Waals surface area (Å²) < 4.78 is 0. The molecule has 1 saturated heterocycles. The molecule has 1 N–H and O–H groups in total. The van der Waals surface area contributed by atoms with Crippen LogP contribution in [0.25, 0.3) is 0 Å². The minimum absolute atomic E-state index is 0.156. The Morgan fingerprint density at radius 2 is 2.31 bits per heavy atom. The predicted molar refractivity (Wildman–Crippen MR) is 61.8 cm³/mol. The van der Waals surface area contributed by atoms with Crippen molar-refractivity contribution in [3.63, 3.8) is 0 Å². The molecule has 0 saturated carbocycles. The number of aromatic carboxylic acids is 1. The molecule has 4 nitrogen and oxygen atoms in total. The van der Waals surface area contributed by atoms with Gasteiger partial charge in [-0.1, -0.05) is 6.92 Å². The molecule has 4 heteroatoms. The SMILES string of the molecule is C[C@@H]1C[C@H](C)N(c2cccnc2C(=O)O)C1. The highest BCUT2D eigenvalue weighted by molar-refractivity contribution is 5.92. The predicted octanol–water partition coefficient (Wildman–Crippen LogP) is 2.01. The van der Waals surface area contributed by atoms with E-state index in [0.717, 1.165) is 18.7 Å². The maximum atomic E-state index is 11.1. The molecule has 1 aliphatic heterocycles. The van der Waals surface area contributed by atoms with Crippen LogP contribution < -0.4 is 4.90 Å². The van der Waals surface area contributed by atoms with Crippen molar-refractivity contribution in [2.45, 2.75) is 26.3 Å². The number of pyridine rings is 1. The molecule has 1 aliphatic rings. The Hall–Kier alpha value is -1.58. The summed E-state index contributed by atoms with van der Waals surface area (Å²) in [5, 5.41) is 9.09. The molecule has 2 atom stereocenters. The van der Waals surface area contributed by atoms with Gasteiger partial charge in [-0.15, -0.1) is 0 Å². The first kappa shape index (κ1) is 10.9. The molecule has 0 bridgehead atoms. The zero-order valence-corrected chi connectivity index (χ0v) is 9.55. The highest BCUT2D eigenvalue weighted by atomic mass is 16.4. The van der Waals surface area contributed by atoms with Crippen LogP contribution >= 0.6 is 0 Å². The van der Waals surface area contributed by atoms with Crippen LogP contribution in [0.15, 0.2) is 18.3 Å². The van der Waals surface area contributed by atoms with Gasteiger partial charge in [0.25, 0.3) is 0 Å². The van der Waals surface area contributed by atoms with Crippen LogP contribution in [-0.2, 0) is 0 Å². The summed E-state index contributed by atoms with van der Waals surface area (Å²) >= 11 is 0. The fourth-order valence-corrected chi connectivity index (χ4v) is 2.43. The molecule has 1 fully saturated rings. The zero-order chi connectivity index (χ0) is 11.7. The molecule has 1 aromatic rings. The smallest absolute Gasteiger partial charge is 0.356 e. The topological polar surface area (TPSA) is 53.4 Å². The van der Waals surface area contributed by atoms with Crippen LogP contribution in [0.4, 0.5) is 5.69 Å². The Morgan fingerprint density at radius 3 is 2.88 bits per heavy atom. The van der Waals surface area contributed by atoms with E-state index in [1.807, 2.05) is 6.07 Å². The second kappa shape index (κ2) is 4.12. The molecule has 0 aromatic carbocycles. The quantitative estimate of drug-likeness (QED) is 0.828. The van der Waals surface area contributed by atoms with Crippen molar-refractivity contribution in [3.05, 3.63) is 24.0 Å². The molecule has 2 rings (SSSR count). The first-order valence-corrected chi connectivity index (χ1v) is 5.54. The molecular formula is C12H16N2O2. The van der Waals surface area contributed by atoms with Gasteiger partial charge < -0.3 is 10.0 Å². The lowest BCUT2D eigenvalue weighted by Gasteiger charge is -2.24. The number of carboxylic acids is 1. The average Bonchev–Trinajstić information content (AvgIpc) is 2.57. The molecule has 1 aromatic heterocycles. The number of carboxylic acid groups (broad SMARTS) is 1. The van der Waals surface area contributed by atoms with Crippen molar-refractivity contribution in [1.29, 1.82) is 0 Å². The van der Waals surface area contributed by atoms with E-state index in [9.17, 15) is 4.79 Å². The van der Waals surface area contributed by atoms with Gasteiger partial charge in [0.1, 0.15) is 0 Å². The fraction of sp³-hybridized carbons (Fsp3) is 0.500. The van der Waals surface area contributed by atoms with E-state index in [1.54, 1.807) is 6.07 Å². The van der Waals surface area contributed by atoms with E-state index in [1.165, 1.54) is 6.20 Å². The highest BCUT2D eigenvalue weighted by Crippen LogP contribution is 2.30. The lowest BCUT2D eigenvalue weighted by atomic mass is 10.1. The standard InChI is InChI=1S/C12H16N2O2/c1-8-6-9(2)14(7-8)10-4-3-5-13-11(10)12(15)16/h3-5,8-9H,6-7H2,1-2H3,(H,15,16)/t8-,9+/m1/s1. The molecule has 86 valence electrons. The Bertz CT molecular complexity index is 406. The maximum Gasteiger partial charge on any atom is 0.356 e. The van der Waals surface area contributed by atoms with E-state index in [4.69, 9.17) is 5.11 Å². The van der Waals surface area contributed by atoms with E-state index in [-0.39, 0.29) is 5.69 Å². The van der Waals surface area contributed by atoms with Crippen LogP contribution in [0.2, 0.25) is 0 Å². The molecular weight excluding hydrogens is 204 g/mol. The zero-order valence-electron chi connectivity index (χ0n) is 9.55. The lowest BCUT2D eigenvalue weighted by molar-refractivity contribution is 0.0691. The third-order valence-corrected chi connectivity index (χ3v) is 3.08. The number of anilines is 1. The summed E-state index contributed by atoms with van der Waals surface area (Å²) in [7, 11) is 0. The van der Waals surface area contributed by atoms with E-state index in [2.05, 4.69) is 23.7 Å². The van der Waals surface area contributed by atoms with Gasteiger partial charge in [-0.3, -0.25) is 0 Å². The first-order chi connectivity index (χ1) is 7.59. The van der Waals surface area contributed by atoms with Crippen molar-refractivity contribution in [2.75, 3.05) is 11.4 Å². The first-order valence-electron chi connectivity index (χ1n) is 5.54. The van der Waals surface area contributed by atoms with Gasteiger partial charge in [0.05, 0.1) is 5.69 Å². The van der Waals surface area contributed by atoms with E-state index < -0.39 is 5.97 Å².